The van der Waals surface area contributed by atoms with Gasteiger partial charge in [0, 0.05) is 12.4 Å². The van der Waals surface area contributed by atoms with E-state index in [1.807, 2.05) is 30.3 Å². The van der Waals surface area contributed by atoms with E-state index in [2.05, 4.69) is 27.7 Å². The van der Waals surface area contributed by atoms with Crippen LogP contribution in [0.1, 0.15) is 16.7 Å². The second-order valence-electron chi connectivity index (χ2n) is 7.37. The summed E-state index contributed by atoms with van der Waals surface area (Å²) < 4.78 is 0. The Hall–Kier alpha value is -3.52. The van der Waals surface area contributed by atoms with Crippen LogP contribution < -0.4 is 0 Å². The van der Waals surface area contributed by atoms with Gasteiger partial charge in [0.15, 0.2) is 0 Å². The predicted molar refractivity (Wildman–Crippen MR) is 157 cm³/mol. The highest BCUT2D eigenvalue weighted by Gasteiger charge is 1.97. The molecule has 0 saturated heterocycles. The van der Waals surface area contributed by atoms with E-state index in [-0.39, 0.29) is 23.0 Å². The zero-order valence-electron chi connectivity index (χ0n) is 20.1. The molecule has 0 spiro atoms. The summed E-state index contributed by atoms with van der Waals surface area (Å²) in [4.78, 5) is 5.84. The quantitative estimate of drug-likeness (QED) is 0.0574. The van der Waals surface area contributed by atoms with E-state index >= 15 is 0 Å². The number of rotatable bonds is 3. The van der Waals surface area contributed by atoms with Crippen LogP contribution in [0.25, 0.3) is 10.4 Å². The van der Waals surface area contributed by atoms with Gasteiger partial charge in [-0.2, -0.15) is 0 Å². The maximum Gasteiger partial charge on any atom is 0.118 e. The van der Waals surface area contributed by atoms with Gasteiger partial charge in [0.1, 0.15) is 28.7 Å². The number of benzene rings is 4. The van der Waals surface area contributed by atoms with Crippen LogP contribution in [0, 0.1) is 6.92 Å². The van der Waals surface area contributed by atoms with Crippen molar-refractivity contribution < 1.29 is 25.5 Å². The molecule has 0 aliphatic heterocycles. The summed E-state index contributed by atoms with van der Waals surface area (Å²) in [6.45, 7) is 1.73. The van der Waals surface area contributed by atoms with Crippen molar-refractivity contribution in [3.63, 3.8) is 0 Å². The van der Waals surface area contributed by atoms with Gasteiger partial charge in [-0.05, 0) is 90.2 Å². The Balaban J connectivity index is 0.000000267. The first-order valence-corrected chi connectivity index (χ1v) is 15.3. The molecule has 0 bridgehead atoms. The zero-order chi connectivity index (χ0) is 27.6. The zero-order valence-corrected chi connectivity index (χ0v) is 23.3. The number of phenols is 5. The Kier molecular flexibility index (Phi) is 15.2. The van der Waals surface area contributed by atoms with Crippen LogP contribution in [0.3, 0.4) is 0 Å². The molecule has 4 aromatic carbocycles. The minimum Gasteiger partial charge on any atom is -0.508 e. The van der Waals surface area contributed by atoms with Gasteiger partial charge in [0.25, 0.3) is 0 Å². The Morgan fingerprint density at radius 1 is 0.676 bits per heavy atom. The van der Waals surface area contributed by atoms with E-state index in [9.17, 15) is 0 Å². The summed E-state index contributed by atoms with van der Waals surface area (Å²) in [6.07, 6.45) is 0.806. The average Bonchev–Trinajstić information content (AvgIpc) is 2.86. The third kappa shape index (κ3) is 15.3. The minimum absolute atomic E-state index is 0.185. The summed E-state index contributed by atoms with van der Waals surface area (Å²) in [5, 5.41) is 44.6. The van der Waals surface area contributed by atoms with E-state index < -0.39 is 7.45 Å². The second-order valence-corrected chi connectivity index (χ2v) is 13.3. The van der Waals surface area contributed by atoms with Crippen molar-refractivity contribution in [3.8, 4) is 28.7 Å². The maximum absolute atomic E-state index is 9.13. The first-order chi connectivity index (χ1) is 17.6. The first-order valence-electron chi connectivity index (χ1n) is 10.7. The summed E-state index contributed by atoms with van der Waals surface area (Å²) in [6, 6.07) is 27.4. The molecule has 0 fully saturated rings. The van der Waals surface area contributed by atoms with Crippen LogP contribution in [0.4, 0.5) is 0 Å². The van der Waals surface area contributed by atoms with Gasteiger partial charge in [-0.25, -0.2) is 0 Å². The lowest BCUT2D eigenvalue weighted by Gasteiger charge is -2.02. The van der Waals surface area contributed by atoms with Crippen LogP contribution in [-0.4, -0.2) is 25.5 Å². The molecule has 0 amide bonds. The third-order valence-corrected chi connectivity index (χ3v) is 5.27. The number of hydrogen-bond acceptors (Lipinski definition) is 6. The van der Waals surface area contributed by atoms with Crippen molar-refractivity contribution in [3.05, 3.63) is 124 Å². The number of aryl methyl sites for hydroxylation is 1. The van der Waals surface area contributed by atoms with Gasteiger partial charge in [-0.1, -0.05) is 47.3 Å². The van der Waals surface area contributed by atoms with Crippen LogP contribution in [0.2, 0.25) is 0 Å². The lowest BCUT2D eigenvalue weighted by molar-refractivity contribution is 0.456. The van der Waals surface area contributed by atoms with E-state index in [0.29, 0.717) is 11.3 Å². The van der Waals surface area contributed by atoms with E-state index in [1.165, 1.54) is 18.2 Å². The van der Waals surface area contributed by atoms with Gasteiger partial charge in [-0.15, -0.1) is 17.9 Å². The number of phenolic OH excluding ortho intramolecular Hbond substituents is 5. The summed E-state index contributed by atoms with van der Waals surface area (Å²) in [5.74, 6) is 1.29. The SMILES string of the molecule is Cc1cc(O)ccc1O.Oc1ccc(Cc2ccc(O)cc2)cc1.Oc1ccccc1.[N-]=[N+]=NP(P)P. The standard InChI is InChI=1S/C13H12O2.C7H8O2.C6H6O.H4N3P3/c14-12-5-1-10(2-6-12)9-11-3-7-13(15)8-4-11;1-5-4-6(8)2-3-7(5)9;7-6-4-2-1-3-5-6;1-2-3-6(4)5/h1-8,14-15H,9H2;2-4,8-9H,1H3;1-5,7H;4-5H2. The fraction of sp³-hybridized carbons (Fsp3) is 0.0769. The molecule has 37 heavy (non-hydrogen) atoms. The minimum atomic E-state index is -0.559. The largest absolute Gasteiger partial charge is 0.508 e. The Bertz CT molecular complexity index is 1190. The molecule has 0 radical (unpaired) electrons. The van der Waals surface area contributed by atoms with Crippen LogP contribution in [0.5, 0.6) is 28.7 Å². The molecule has 4 aromatic rings. The molecular weight excluding hydrogens is 527 g/mol. The third-order valence-electron chi connectivity index (χ3n) is 4.36. The molecule has 0 heterocycles. The van der Waals surface area contributed by atoms with Crippen molar-refractivity contribution in [1.82, 2.24) is 0 Å². The molecule has 2 atom stereocenters. The van der Waals surface area contributed by atoms with Gasteiger partial charge in [0.05, 0.1) is 0 Å². The molecule has 0 aromatic heterocycles. The Labute approximate surface area is 221 Å². The second kappa shape index (κ2) is 17.8. The van der Waals surface area contributed by atoms with Gasteiger partial charge in [0.2, 0.25) is 0 Å². The van der Waals surface area contributed by atoms with Crippen molar-refractivity contribution in [2.45, 2.75) is 13.3 Å². The van der Waals surface area contributed by atoms with Crippen LogP contribution in [0.15, 0.2) is 102 Å². The summed E-state index contributed by atoms with van der Waals surface area (Å²) in [7, 11) is 4.21. The molecule has 0 aliphatic carbocycles. The Morgan fingerprint density at radius 3 is 1.41 bits per heavy atom. The van der Waals surface area contributed by atoms with Gasteiger partial charge >= 0.3 is 0 Å². The highest BCUT2D eigenvalue weighted by Crippen LogP contribution is 2.53. The number of aromatic hydroxyl groups is 5. The van der Waals surface area contributed by atoms with Crippen molar-refractivity contribution in [1.29, 1.82) is 0 Å². The van der Waals surface area contributed by atoms with E-state index in [0.717, 1.165) is 17.5 Å². The molecule has 4 rings (SSSR count). The molecule has 11 heteroatoms. The normalized spacial score (nSPS) is 9.30. The maximum atomic E-state index is 9.13. The highest BCUT2D eigenvalue weighted by atomic mass is 32.4. The highest BCUT2D eigenvalue weighted by molar-refractivity contribution is 8.42. The lowest BCUT2D eigenvalue weighted by Crippen LogP contribution is -1.86. The number of hydrogen-bond donors (Lipinski definition) is 5. The number of azide groups is 1. The Morgan fingerprint density at radius 2 is 1.11 bits per heavy atom. The fourth-order valence-corrected chi connectivity index (χ4v) is 2.95. The lowest BCUT2D eigenvalue weighted by atomic mass is 10.1. The van der Waals surface area contributed by atoms with Crippen LogP contribution >= 0.6 is 25.3 Å². The van der Waals surface area contributed by atoms with Crippen molar-refractivity contribution >= 4 is 25.3 Å². The molecule has 194 valence electrons. The number of para-hydroxylation sites is 1. The fourth-order valence-electron chi connectivity index (χ4n) is 2.58. The molecule has 2 unspecified atom stereocenters. The smallest absolute Gasteiger partial charge is 0.118 e. The summed E-state index contributed by atoms with van der Waals surface area (Å²) >= 11 is 0. The van der Waals surface area contributed by atoms with Gasteiger partial charge < -0.3 is 25.5 Å². The average molecular weight is 557 g/mol. The van der Waals surface area contributed by atoms with Crippen LogP contribution in [-0.2, 0) is 6.42 Å². The number of nitrogens with zero attached hydrogens (tertiary/aromatic N) is 3. The molecule has 0 saturated carbocycles. The molecular formula is C26H30N3O5P3. The molecule has 5 N–H and O–H groups in total. The van der Waals surface area contributed by atoms with Crippen molar-refractivity contribution in [2.24, 2.45) is 4.88 Å². The topological polar surface area (TPSA) is 150 Å². The summed E-state index contributed by atoms with van der Waals surface area (Å²) in [5.41, 5.74) is 10.6. The van der Waals surface area contributed by atoms with E-state index in [4.69, 9.17) is 31.1 Å². The van der Waals surface area contributed by atoms with Gasteiger partial charge in [-0.3, -0.25) is 0 Å². The molecule has 8 nitrogen and oxygen atoms in total. The van der Waals surface area contributed by atoms with Crippen molar-refractivity contribution in [2.75, 3.05) is 0 Å². The first kappa shape index (κ1) is 31.5. The molecule has 0 aliphatic rings. The predicted octanol–water partition coefficient (Wildman–Crippen LogP) is 7.76. The monoisotopic (exact) mass is 557 g/mol. The van der Waals surface area contributed by atoms with E-state index in [1.54, 1.807) is 55.5 Å².